The van der Waals surface area contributed by atoms with E-state index in [-0.39, 0.29) is 6.61 Å². The second kappa shape index (κ2) is 11.9. The molecule has 1 aliphatic rings. The highest BCUT2D eigenvalue weighted by molar-refractivity contribution is 5.43. The zero-order valence-corrected chi connectivity index (χ0v) is 18.3. The van der Waals surface area contributed by atoms with E-state index in [9.17, 15) is 5.11 Å². The molecule has 2 aromatic rings. The summed E-state index contributed by atoms with van der Waals surface area (Å²) >= 11 is 0. The average Bonchev–Trinajstić information content (AvgIpc) is 2.99. The van der Waals surface area contributed by atoms with E-state index >= 15 is 0 Å². The van der Waals surface area contributed by atoms with Crippen LogP contribution in [0.3, 0.4) is 0 Å². The van der Waals surface area contributed by atoms with Crippen LogP contribution in [0.2, 0.25) is 0 Å². The van der Waals surface area contributed by atoms with Crippen molar-refractivity contribution in [3.05, 3.63) is 41.7 Å². The van der Waals surface area contributed by atoms with Crippen molar-refractivity contribution in [1.29, 1.82) is 0 Å². The van der Waals surface area contributed by atoms with Crippen LogP contribution in [-0.2, 0) is 20.0 Å². The van der Waals surface area contributed by atoms with Crippen molar-refractivity contribution in [1.82, 2.24) is 20.0 Å². The number of nitrogens with zero attached hydrogens (tertiary/aromatic N) is 3. The number of benzene rings is 1. The van der Waals surface area contributed by atoms with Gasteiger partial charge in [-0.05, 0) is 62.2 Å². The van der Waals surface area contributed by atoms with Crippen LogP contribution in [0.15, 0.2) is 30.6 Å². The third kappa shape index (κ3) is 7.31. The first-order chi connectivity index (χ1) is 14.6. The van der Waals surface area contributed by atoms with Crippen LogP contribution in [0.1, 0.15) is 36.8 Å². The number of aliphatic hydroxyl groups excluding tert-OH is 1. The maximum Gasteiger partial charge on any atom is 0.161 e. The molecule has 1 aromatic carbocycles. The van der Waals surface area contributed by atoms with Gasteiger partial charge in [0.25, 0.3) is 0 Å². The number of aryl methyl sites for hydroxylation is 1. The third-order valence-corrected chi connectivity index (χ3v) is 5.50. The van der Waals surface area contributed by atoms with Gasteiger partial charge in [-0.1, -0.05) is 18.9 Å². The molecule has 1 unspecified atom stereocenters. The van der Waals surface area contributed by atoms with Crippen LogP contribution in [0.5, 0.6) is 11.5 Å². The first-order valence-electron chi connectivity index (χ1n) is 11.0. The van der Waals surface area contributed by atoms with E-state index < -0.39 is 6.10 Å². The van der Waals surface area contributed by atoms with E-state index in [1.54, 1.807) is 7.11 Å². The van der Waals surface area contributed by atoms with Gasteiger partial charge in [0.1, 0.15) is 12.7 Å². The lowest BCUT2D eigenvalue weighted by Crippen LogP contribution is -2.36. The molecule has 1 aliphatic heterocycles. The predicted molar refractivity (Wildman–Crippen MR) is 118 cm³/mol. The molecule has 1 saturated heterocycles. The van der Waals surface area contributed by atoms with Crippen LogP contribution in [-0.4, -0.2) is 65.8 Å². The number of nitrogens with one attached hydrogen (secondary N) is 1. The molecule has 0 spiro atoms. The van der Waals surface area contributed by atoms with Crippen molar-refractivity contribution in [2.75, 3.05) is 39.9 Å². The van der Waals surface area contributed by atoms with Gasteiger partial charge >= 0.3 is 0 Å². The van der Waals surface area contributed by atoms with Crippen LogP contribution in [0, 0.1) is 0 Å². The molecule has 0 saturated carbocycles. The number of aromatic nitrogens is 2. The van der Waals surface area contributed by atoms with E-state index in [1.807, 2.05) is 42.3 Å². The van der Waals surface area contributed by atoms with Gasteiger partial charge in [0, 0.05) is 26.3 Å². The highest BCUT2D eigenvalue weighted by atomic mass is 16.5. The second-order valence-electron chi connectivity index (χ2n) is 8.11. The number of methoxy groups -OCH3 is 1. The van der Waals surface area contributed by atoms with Gasteiger partial charge < -0.3 is 24.8 Å². The lowest BCUT2D eigenvalue weighted by Gasteiger charge is -2.23. The Morgan fingerprint density at radius 1 is 1.13 bits per heavy atom. The van der Waals surface area contributed by atoms with Crippen molar-refractivity contribution in [2.45, 2.75) is 44.8 Å². The van der Waals surface area contributed by atoms with Crippen molar-refractivity contribution >= 4 is 0 Å². The summed E-state index contributed by atoms with van der Waals surface area (Å²) in [6.07, 6.45) is 9.42. The molecule has 2 heterocycles. The molecule has 7 heteroatoms. The van der Waals surface area contributed by atoms with Gasteiger partial charge in [-0.2, -0.15) is 5.10 Å². The van der Waals surface area contributed by atoms with Crippen LogP contribution < -0.4 is 14.8 Å². The molecule has 1 aromatic heterocycles. The van der Waals surface area contributed by atoms with Crippen molar-refractivity contribution in [3.63, 3.8) is 0 Å². The summed E-state index contributed by atoms with van der Waals surface area (Å²) in [6.45, 7) is 4.73. The van der Waals surface area contributed by atoms with Crippen molar-refractivity contribution < 1.29 is 14.6 Å². The zero-order valence-electron chi connectivity index (χ0n) is 18.3. The molecule has 0 amide bonds. The Hall–Kier alpha value is -2.09. The minimum atomic E-state index is -0.498. The van der Waals surface area contributed by atoms with Gasteiger partial charge in [0.05, 0.1) is 13.3 Å². The quantitative estimate of drug-likeness (QED) is 0.548. The molecule has 0 aliphatic carbocycles. The normalized spacial score (nSPS) is 16.2. The fourth-order valence-electron chi connectivity index (χ4n) is 3.86. The minimum absolute atomic E-state index is 0.273. The molecular formula is C23H36N4O3. The molecule has 3 rings (SSSR count). The fourth-order valence-corrected chi connectivity index (χ4v) is 3.86. The van der Waals surface area contributed by atoms with Gasteiger partial charge in [-0.25, -0.2) is 0 Å². The van der Waals surface area contributed by atoms with Gasteiger partial charge in [0.15, 0.2) is 11.5 Å². The number of likely N-dealkylation sites (tertiary alicyclic amines) is 1. The van der Waals surface area contributed by atoms with Crippen LogP contribution >= 0.6 is 0 Å². The smallest absolute Gasteiger partial charge is 0.161 e. The fraction of sp³-hybridized carbons (Fsp3) is 0.609. The molecule has 7 nitrogen and oxygen atoms in total. The summed E-state index contributed by atoms with van der Waals surface area (Å²) in [4.78, 5) is 2.35. The maximum atomic E-state index is 10.4. The summed E-state index contributed by atoms with van der Waals surface area (Å²) in [6, 6.07) is 5.96. The first-order valence-corrected chi connectivity index (χ1v) is 11.0. The number of aliphatic hydroxyl groups is 1. The van der Waals surface area contributed by atoms with E-state index in [4.69, 9.17) is 9.47 Å². The topological polar surface area (TPSA) is 71.8 Å². The van der Waals surface area contributed by atoms with E-state index in [0.717, 1.165) is 38.2 Å². The molecule has 166 valence electrons. The predicted octanol–water partition coefficient (Wildman–Crippen LogP) is 2.38. The lowest BCUT2D eigenvalue weighted by molar-refractivity contribution is 0.0683. The Bertz CT molecular complexity index is 757. The summed E-state index contributed by atoms with van der Waals surface area (Å²) in [5, 5.41) is 18.0. The summed E-state index contributed by atoms with van der Waals surface area (Å²) < 4.78 is 13.2. The summed E-state index contributed by atoms with van der Waals surface area (Å²) in [7, 11) is 3.58. The van der Waals surface area contributed by atoms with Gasteiger partial charge in [-0.15, -0.1) is 0 Å². The number of hydrogen-bond acceptors (Lipinski definition) is 6. The Morgan fingerprint density at radius 2 is 1.93 bits per heavy atom. The highest BCUT2D eigenvalue weighted by Crippen LogP contribution is 2.28. The Kier molecular flexibility index (Phi) is 8.99. The second-order valence-corrected chi connectivity index (χ2v) is 8.11. The Balaban J connectivity index is 1.42. The molecule has 1 fully saturated rings. The lowest BCUT2D eigenvalue weighted by atomic mass is 10.2. The molecule has 1 atom stereocenters. The van der Waals surface area contributed by atoms with Crippen molar-refractivity contribution in [3.8, 4) is 11.5 Å². The van der Waals surface area contributed by atoms with E-state index in [2.05, 4.69) is 15.3 Å². The average molecular weight is 417 g/mol. The number of ether oxygens (including phenoxy) is 2. The van der Waals surface area contributed by atoms with E-state index in [0.29, 0.717) is 18.0 Å². The summed E-state index contributed by atoms with van der Waals surface area (Å²) in [5.74, 6) is 1.37. The number of hydrogen-bond donors (Lipinski definition) is 2. The third-order valence-electron chi connectivity index (χ3n) is 5.50. The molecule has 30 heavy (non-hydrogen) atoms. The van der Waals surface area contributed by atoms with E-state index in [1.165, 1.54) is 31.2 Å². The molecule has 2 N–H and O–H groups in total. The minimum Gasteiger partial charge on any atom is -0.493 e. The van der Waals surface area contributed by atoms with Gasteiger partial charge in [0.2, 0.25) is 0 Å². The SMILES string of the molecule is COc1cc(CNCCc2cnn(C)c2)ccc1OCC(O)CN1CCCCCC1. The van der Waals surface area contributed by atoms with Crippen LogP contribution in [0.25, 0.3) is 0 Å². The molecular weight excluding hydrogens is 380 g/mol. The molecule has 0 bridgehead atoms. The molecule has 0 radical (unpaired) electrons. The standard InChI is InChI=1S/C23H36N4O3/c1-26-16-20(15-25-26)9-10-24-14-19-7-8-22(23(13-19)29-2)30-18-21(28)17-27-11-5-3-4-6-12-27/h7-8,13,15-16,21,24,28H,3-6,9-12,14,17-18H2,1-2H3. The van der Waals surface area contributed by atoms with Crippen LogP contribution in [0.4, 0.5) is 0 Å². The number of rotatable bonds is 11. The van der Waals surface area contributed by atoms with Gasteiger partial charge in [-0.3, -0.25) is 4.68 Å². The highest BCUT2D eigenvalue weighted by Gasteiger charge is 2.15. The monoisotopic (exact) mass is 416 g/mol. The Morgan fingerprint density at radius 3 is 2.63 bits per heavy atom. The zero-order chi connectivity index (χ0) is 21.2. The Labute approximate surface area is 180 Å². The van der Waals surface area contributed by atoms with Crippen molar-refractivity contribution in [2.24, 2.45) is 7.05 Å². The number of β-amino-alcohol motifs (C(OH)–C–C–N with tert-alkyl or cyclic N) is 1. The maximum absolute atomic E-state index is 10.4. The largest absolute Gasteiger partial charge is 0.493 e. The first kappa shape index (κ1) is 22.6. The summed E-state index contributed by atoms with van der Waals surface area (Å²) in [5.41, 5.74) is 2.36.